The monoisotopic (exact) mass is 342 g/mol. The molecule has 0 aromatic carbocycles. The van der Waals surface area contributed by atoms with Crippen molar-refractivity contribution in [3.05, 3.63) is 0 Å². The van der Waals surface area contributed by atoms with Crippen molar-refractivity contribution in [2.75, 3.05) is 0 Å². The molecule has 0 radical (unpaired) electrons. The van der Waals surface area contributed by atoms with Gasteiger partial charge in [-0.25, -0.2) is 0 Å². The van der Waals surface area contributed by atoms with Gasteiger partial charge in [-0.3, -0.25) is 9.59 Å². The minimum absolute atomic E-state index is 0.276. The molecule has 0 rings (SSSR count). The molecule has 0 saturated carbocycles. The summed E-state index contributed by atoms with van der Waals surface area (Å²) in [5.74, 6) is 0. The molecule has 0 unspecified atom stereocenters. The Morgan fingerprint density at radius 2 is 1.16 bits per heavy atom. The van der Waals surface area contributed by atoms with Gasteiger partial charge in [0.25, 0.3) is 0 Å². The van der Waals surface area contributed by atoms with E-state index in [1.165, 1.54) is 0 Å². The molecule has 0 amide bonds. The summed E-state index contributed by atoms with van der Waals surface area (Å²) >= 11 is 10.7. The average Bonchev–Trinajstić information content (AvgIpc) is 2.12. The maximum atomic E-state index is 10.7. The van der Waals surface area contributed by atoms with E-state index in [0.29, 0.717) is 12.8 Å². The summed E-state index contributed by atoms with van der Waals surface area (Å²) < 4.78 is 6.36. The second-order valence-corrected chi connectivity index (χ2v) is 15.7. The van der Waals surface area contributed by atoms with E-state index in [-0.39, 0.29) is 10.5 Å². The first-order chi connectivity index (χ1) is 8.54. The van der Waals surface area contributed by atoms with Gasteiger partial charge in [0.2, 0.25) is 10.5 Å². The fourth-order valence-corrected chi connectivity index (χ4v) is 11.3. The van der Waals surface area contributed by atoms with Crippen LogP contribution < -0.4 is 0 Å². The summed E-state index contributed by atoms with van der Waals surface area (Å²) in [4.78, 5) is 21.4. The van der Waals surface area contributed by atoms with Crippen LogP contribution >= 0.6 is 23.2 Å². The second kappa shape index (κ2) is 8.57. The Balaban J connectivity index is 4.13. The highest BCUT2D eigenvalue weighted by atomic mass is 35.5. The molecule has 19 heavy (non-hydrogen) atoms. The molecule has 0 atom stereocenters. The van der Waals surface area contributed by atoms with Crippen molar-refractivity contribution in [2.24, 2.45) is 0 Å². The first-order valence-electron chi connectivity index (χ1n) is 6.61. The Hall–Kier alpha value is 0.314. The van der Waals surface area contributed by atoms with E-state index >= 15 is 0 Å². The zero-order chi connectivity index (χ0) is 15.1. The molecule has 0 bridgehead atoms. The van der Waals surface area contributed by atoms with Gasteiger partial charge in [-0.1, -0.05) is 0 Å². The maximum absolute atomic E-state index is 10.7. The number of hydrogen-bond acceptors (Lipinski definition) is 3. The Morgan fingerprint density at radius 3 is 1.42 bits per heavy atom. The highest BCUT2D eigenvalue weighted by Gasteiger charge is 2.32. The number of rotatable bonds is 10. The lowest BCUT2D eigenvalue weighted by Crippen LogP contribution is -2.44. The molecule has 0 aliphatic rings. The van der Waals surface area contributed by atoms with E-state index in [1.807, 2.05) is 0 Å². The van der Waals surface area contributed by atoms with Crippen molar-refractivity contribution in [1.82, 2.24) is 0 Å². The summed E-state index contributed by atoms with van der Waals surface area (Å²) in [5, 5.41) is -0.552. The van der Waals surface area contributed by atoms with Gasteiger partial charge >= 0.3 is 0 Å². The summed E-state index contributed by atoms with van der Waals surface area (Å²) in [6.07, 6.45) is 2.44. The zero-order valence-electron chi connectivity index (χ0n) is 12.2. The Labute approximate surface area is 128 Å². The molecule has 0 spiro atoms. The van der Waals surface area contributed by atoms with E-state index in [1.54, 1.807) is 0 Å². The second-order valence-electron chi connectivity index (χ2n) is 6.04. The quantitative estimate of drug-likeness (QED) is 0.433. The maximum Gasteiger partial charge on any atom is 0.221 e. The van der Waals surface area contributed by atoms with Crippen molar-refractivity contribution in [2.45, 2.75) is 64.0 Å². The van der Waals surface area contributed by atoms with Gasteiger partial charge in [-0.05, 0) is 74.3 Å². The summed E-state index contributed by atoms with van der Waals surface area (Å²) in [7, 11) is -3.50. The van der Waals surface area contributed by atoms with Crippen LogP contribution in [0.15, 0.2) is 0 Å². The van der Waals surface area contributed by atoms with Gasteiger partial charge in [0.1, 0.15) is 0 Å². The lowest BCUT2D eigenvalue weighted by Gasteiger charge is -2.34. The first-order valence-corrected chi connectivity index (χ1v) is 13.6. The highest BCUT2D eigenvalue weighted by Crippen LogP contribution is 2.25. The van der Waals surface area contributed by atoms with E-state index < -0.39 is 16.6 Å². The van der Waals surface area contributed by atoms with Gasteiger partial charge in [0.05, 0.1) is 0 Å². The number of halogens is 2. The van der Waals surface area contributed by atoms with E-state index in [9.17, 15) is 9.59 Å². The number of carbonyl (C=O) groups excluding carboxylic acids is 2. The predicted molar refractivity (Wildman–Crippen MR) is 85.9 cm³/mol. The number of hydrogen-bond donors (Lipinski definition) is 0. The van der Waals surface area contributed by atoms with Gasteiger partial charge in [0, 0.05) is 12.8 Å². The van der Waals surface area contributed by atoms with Crippen LogP contribution in [0.5, 0.6) is 0 Å². The van der Waals surface area contributed by atoms with Crippen molar-refractivity contribution in [1.29, 1.82) is 0 Å². The largest absolute Gasteiger partial charge is 0.455 e. The third kappa shape index (κ3) is 11.8. The van der Waals surface area contributed by atoms with Gasteiger partial charge in [-0.15, -0.1) is 0 Å². The molecular weight excluding hydrogens is 319 g/mol. The summed E-state index contributed by atoms with van der Waals surface area (Å²) in [6.45, 7) is 8.70. The van der Waals surface area contributed by atoms with Crippen LogP contribution in [0.4, 0.5) is 0 Å². The minimum Gasteiger partial charge on any atom is -0.455 e. The van der Waals surface area contributed by atoms with Crippen molar-refractivity contribution < 1.29 is 13.7 Å². The summed E-state index contributed by atoms with van der Waals surface area (Å²) in [6, 6.07) is 1.88. The predicted octanol–water partition coefficient (Wildman–Crippen LogP) is 4.50. The standard InChI is InChI=1S/C12H24Cl2O3Si2/c1-18(2,9-5-7-11(13)15)17-19(3,4)10-6-8-12(14)16/h5-10H2,1-4H3. The van der Waals surface area contributed by atoms with Crippen LogP contribution in [0, 0.1) is 0 Å². The Morgan fingerprint density at radius 1 is 0.842 bits per heavy atom. The molecule has 0 heterocycles. The van der Waals surface area contributed by atoms with Crippen LogP contribution in [0.1, 0.15) is 25.7 Å². The molecule has 0 saturated heterocycles. The fraction of sp³-hybridized carbons (Fsp3) is 0.833. The highest BCUT2D eigenvalue weighted by molar-refractivity contribution is 6.84. The normalized spacial score (nSPS) is 12.5. The SMILES string of the molecule is C[Si](C)(CCCC(=O)Cl)O[Si](C)(C)CCCC(=O)Cl. The molecule has 0 aromatic heterocycles. The van der Waals surface area contributed by atoms with E-state index in [2.05, 4.69) is 26.2 Å². The van der Waals surface area contributed by atoms with Crippen LogP contribution in [-0.2, 0) is 13.7 Å². The molecular formula is C12H24Cl2O3Si2. The molecule has 3 nitrogen and oxygen atoms in total. The zero-order valence-corrected chi connectivity index (χ0v) is 15.7. The van der Waals surface area contributed by atoms with Gasteiger partial charge in [0.15, 0.2) is 16.6 Å². The molecule has 0 fully saturated rings. The van der Waals surface area contributed by atoms with Gasteiger partial charge < -0.3 is 4.12 Å². The Bertz CT molecular complexity index is 290. The molecule has 7 heteroatoms. The van der Waals surface area contributed by atoms with E-state index in [0.717, 1.165) is 24.9 Å². The lowest BCUT2D eigenvalue weighted by molar-refractivity contribution is -0.112. The van der Waals surface area contributed by atoms with Gasteiger partial charge in [-0.2, -0.15) is 0 Å². The van der Waals surface area contributed by atoms with Crippen LogP contribution in [0.3, 0.4) is 0 Å². The smallest absolute Gasteiger partial charge is 0.221 e. The topological polar surface area (TPSA) is 43.4 Å². The van der Waals surface area contributed by atoms with Crippen molar-refractivity contribution in [3.63, 3.8) is 0 Å². The fourth-order valence-electron chi connectivity index (χ4n) is 2.16. The van der Waals surface area contributed by atoms with Crippen LogP contribution in [0.25, 0.3) is 0 Å². The molecule has 0 aromatic rings. The van der Waals surface area contributed by atoms with Crippen molar-refractivity contribution in [3.8, 4) is 0 Å². The molecule has 0 aliphatic carbocycles. The average molecular weight is 343 g/mol. The minimum atomic E-state index is -1.75. The van der Waals surface area contributed by atoms with E-state index in [4.69, 9.17) is 27.3 Å². The third-order valence-electron chi connectivity index (χ3n) is 2.86. The van der Waals surface area contributed by atoms with Crippen LogP contribution in [-0.4, -0.2) is 27.1 Å². The molecule has 0 N–H and O–H groups in total. The van der Waals surface area contributed by atoms with Crippen LogP contribution in [0.2, 0.25) is 38.3 Å². The Kier molecular flexibility index (Phi) is 8.71. The van der Waals surface area contributed by atoms with Crippen molar-refractivity contribution >= 4 is 50.3 Å². The number of carbonyl (C=O) groups is 2. The first kappa shape index (κ1) is 19.3. The molecule has 112 valence electrons. The third-order valence-corrected chi connectivity index (χ3v) is 10.8. The lowest BCUT2D eigenvalue weighted by atomic mass is 10.4. The molecule has 0 aliphatic heterocycles. The summed E-state index contributed by atoms with van der Waals surface area (Å²) in [5.41, 5.74) is 0.